The number of benzene rings is 3. The van der Waals surface area contributed by atoms with Gasteiger partial charge in [-0.25, -0.2) is 4.85 Å². The molecule has 9 rings (SSSR count). The van der Waals surface area contributed by atoms with E-state index in [0.717, 1.165) is 125 Å². The fourth-order valence-electron chi connectivity index (χ4n) is 10.1. The first-order valence-electron chi connectivity index (χ1n) is 20.5. The van der Waals surface area contributed by atoms with Gasteiger partial charge in [0.25, 0.3) is 17.7 Å². The van der Waals surface area contributed by atoms with Gasteiger partial charge in [0.1, 0.15) is 6.04 Å². The Hall–Kier alpha value is -5.45. The fraction of sp³-hybridized carbons (Fsp3) is 0.455. The van der Waals surface area contributed by atoms with Gasteiger partial charge in [-0.3, -0.25) is 39.1 Å². The first kappa shape index (κ1) is 38.1. The molecular weight excluding hydrogens is 756 g/mol. The van der Waals surface area contributed by atoms with E-state index in [1.165, 1.54) is 0 Å². The summed E-state index contributed by atoms with van der Waals surface area (Å²) in [6.07, 6.45) is 4.24. The summed E-state index contributed by atoms with van der Waals surface area (Å²) in [4.78, 5) is 81.2. The maximum absolute atomic E-state index is 13.9. The van der Waals surface area contributed by atoms with E-state index in [1.54, 1.807) is 18.2 Å². The number of anilines is 3. The number of carbonyl (C=O) groups is 5. The van der Waals surface area contributed by atoms with E-state index in [4.69, 9.17) is 18.2 Å². The van der Waals surface area contributed by atoms with E-state index in [2.05, 4.69) is 41.9 Å². The molecule has 5 amide bonds. The number of hydrogen-bond acceptors (Lipinski definition) is 9. The summed E-state index contributed by atoms with van der Waals surface area (Å²) >= 11 is 6.33. The minimum Gasteiger partial charge on any atom is -0.372 e. The van der Waals surface area contributed by atoms with Crippen molar-refractivity contribution in [3.05, 3.63) is 93.8 Å². The van der Waals surface area contributed by atoms with Crippen molar-refractivity contribution in [1.29, 1.82) is 0 Å². The van der Waals surface area contributed by atoms with Crippen molar-refractivity contribution in [3.63, 3.8) is 0 Å². The third kappa shape index (κ3) is 7.06. The quantitative estimate of drug-likeness (QED) is 0.258. The van der Waals surface area contributed by atoms with Gasteiger partial charge < -0.3 is 19.6 Å². The summed E-state index contributed by atoms with van der Waals surface area (Å²) in [6, 6.07) is 18.1. The van der Waals surface area contributed by atoms with Crippen molar-refractivity contribution in [2.75, 3.05) is 86.7 Å². The molecule has 300 valence electrons. The summed E-state index contributed by atoms with van der Waals surface area (Å²) in [6.45, 7) is 16.6. The predicted molar refractivity (Wildman–Crippen MR) is 221 cm³/mol. The van der Waals surface area contributed by atoms with Crippen molar-refractivity contribution in [3.8, 4) is 0 Å². The molecule has 0 aromatic heterocycles. The third-order valence-corrected chi connectivity index (χ3v) is 13.7. The van der Waals surface area contributed by atoms with Gasteiger partial charge in [-0.15, -0.1) is 0 Å². The maximum atomic E-state index is 13.9. The number of piperidine rings is 2. The molecule has 2 atom stereocenters. The Morgan fingerprint density at radius 3 is 2.31 bits per heavy atom. The SMILES string of the molecule is [C-]#[N+]c1ccc(N2CCC3(CCN(C(=O)c4cccc(N5CCN(C[C@H]6CCN(c7cccc8c7C(=O)N(C7CCC(=O)NC7=O)C8=O)C6)CC5)c4)C3)CC2)cc1Cl. The van der Waals surface area contributed by atoms with E-state index in [1.807, 2.05) is 35.2 Å². The first-order valence-corrected chi connectivity index (χ1v) is 20.9. The lowest BCUT2D eigenvalue weighted by Crippen LogP contribution is -2.54. The Balaban J connectivity index is 0.764. The van der Waals surface area contributed by atoms with Gasteiger partial charge in [-0.2, -0.15) is 0 Å². The van der Waals surface area contributed by atoms with E-state index >= 15 is 0 Å². The molecule has 5 saturated heterocycles. The van der Waals surface area contributed by atoms with Crippen LogP contribution >= 0.6 is 11.6 Å². The molecule has 58 heavy (non-hydrogen) atoms. The van der Waals surface area contributed by atoms with Crippen molar-refractivity contribution in [2.24, 2.45) is 11.3 Å². The minimum atomic E-state index is -0.984. The standard InChI is InChI=1S/C44H47ClN8O5/c1-46-35-9-8-32(25-34(35)45)49-17-13-44(14-18-49)15-19-52(28-44)41(56)30-4-2-5-31(24-30)50-22-20-48(21-23-50)26-29-12-16-51(27-29)36-7-3-6-33-39(36)43(58)53(42(33)57)37-10-11-38(54)47-40(37)55/h2-9,24-25,29,37H,10-23,26-28H2,(H,47,54,55)/t29-,37?/m1/s1. The Bertz CT molecular complexity index is 2220. The lowest BCUT2D eigenvalue weighted by Gasteiger charge is -2.40. The number of carbonyl (C=O) groups excluding carboxylic acids is 5. The maximum Gasteiger partial charge on any atom is 0.264 e. The van der Waals surface area contributed by atoms with Crippen molar-refractivity contribution < 1.29 is 24.0 Å². The average molecular weight is 803 g/mol. The van der Waals surface area contributed by atoms with Crippen LogP contribution in [0.4, 0.5) is 22.7 Å². The van der Waals surface area contributed by atoms with Crippen LogP contribution in [0.15, 0.2) is 60.7 Å². The van der Waals surface area contributed by atoms with Crippen LogP contribution in [0, 0.1) is 17.9 Å². The lowest BCUT2D eigenvalue weighted by atomic mass is 9.77. The van der Waals surface area contributed by atoms with Gasteiger partial charge >= 0.3 is 0 Å². The average Bonchev–Trinajstić information content (AvgIpc) is 3.95. The molecule has 5 fully saturated rings. The summed E-state index contributed by atoms with van der Waals surface area (Å²) in [5, 5.41) is 2.76. The zero-order chi connectivity index (χ0) is 40.1. The molecule has 14 heteroatoms. The molecule has 0 saturated carbocycles. The fourth-order valence-corrected chi connectivity index (χ4v) is 10.3. The molecule has 0 bridgehead atoms. The second-order valence-electron chi connectivity index (χ2n) is 16.8. The van der Waals surface area contributed by atoms with Crippen LogP contribution in [0.2, 0.25) is 5.02 Å². The molecule has 1 spiro atoms. The predicted octanol–water partition coefficient (Wildman–Crippen LogP) is 5.07. The van der Waals surface area contributed by atoms with Crippen LogP contribution in [-0.4, -0.2) is 122 Å². The number of amides is 5. The summed E-state index contributed by atoms with van der Waals surface area (Å²) in [5.74, 6) is -1.44. The number of piperazine rings is 1. The van der Waals surface area contributed by atoms with Crippen molar-refractivity contribution in [1.82, 2.24) is 20.0 Å². The van der Waals surface area contributed by atoms with Gasteiger partial charge in [0.05, 0.1) is 23.4 Å². The Morgan fingerprint density at radius 2 is 1.55 bits per heavy atom. The zero-order valence-corrected chi connectivity index (χ0v) is 33.3. The number of nitrogens with one attached hydrogen (secondary N) is 1. The Morgan fingerprint density at radius 1 is 0.810 bits per heavy atom. The van der Waals surface area contributed by atoms with Crippen LogP contribution in [0.3, 0.4) is 0 Å². The molecule has 6 aliphatic heterocycles. The summed E-state index contributed by atoms with van der Waals surface area (Å²) in [7, 11) is 0. The summed E-state index contributed by atoms with van der Waals surface area (Å²) in [5.41, 5.74) is 4.86. The third-order valence-electron chi connectivity index (χ3n) is 13.4. The first-order chi connectivity index (χ1) is 28.1. The van der Waals surface area contributed by atoms with Crippen molar-refractivity contribution >= 4 is 63.9 Å². The van der Waals surface area contributed by atoms with Gasteiger partial charge in [-0.1, -0.05) is 29.8 Å². The molecule has 3 aromatic carbocycles. The molecule has 0 radical (unpaired) electrons. The highest BCUT2D eigenvalue weighted by Gasteiger charge is 2.47. The molecular formula is C44H47ClN8O5. The van der Waals surface area contributed by atoms with Gasteiger partial charge in [0, 0.05) is 100 Å². The van der Waals surface area contributed by atoms with Crippen molar-refractivity contribution in [2.45, 2.75) is 44.6 Å². The number of fused-ring (bicyclic) bond motifs is 1. The second-order valence-corrected chi connectivity index (χ2v) is 17.2. The number of nitrogens with zero attached hydrogens (tertiary/aromatic N) is 7. The molecule has 0 aliphatic carbocycles. The summed E-state index contributed by atoms with van der Waals surface area (Å²) < 4.78 is 0. The van der Waals surface area contributed by atoms with Crippen LogP contribution < -0.4 is 20.0 Å². The van der Waals surface area contributed by atoms with Crippen LogP contribution in [0.5, 0.6) is 0 Å². The van der Waals surface area contributed by atoms with Crippen LogP contribution in [0.1, 0.15) is 69.6 Å². The van der Waals surface area contributed by atoms with E-state index in [-0.39, 0.29) is 24.2 Å². The van der Waals surface area contributed by atoms with Gasteiger partial charge in [0.2, 0.25) is 17.5 Å². The van der Waals surface area contributed by atoms with Crippen LogP contribution in [0.25, 0.3) is 4.85 Å². The number of hydrogen-bond donors (Lipinski definition) is 1. The molecule has 6 aliphatic rings. The Labute approximate surface area is 343 Å². The molecule has 3 aromatic rings. The molecule has 13 nitrogen and oxygen atoms in total. The second kappa shape index (κ2) is 15.4. The lowest BCUT2D eigenvalue weighted by molar-refractivity contribution is -0.136. The van der Waals surface area contributed by atoms with E-state index < -0.39 is 29.7 Å². The monoisotopic (exact) mass is 802 g/mol. The Kier molecular flexibility index (Phi) is 10.1. The highest BCUT2D eigenvalue weighted by molar-refractivity contribution is 6.33. The highest BCUT2D eigenvalue weighted by Crippen LogP contribution is 2.43. The topological polar surface area (TPSA) is 121 Å². The number of rotatable bonds is 7. The molecule has 1 unspecified atom stereocenters. The molecule has 1 N–H and O–H groups in total. The zero-order valence-electron chi connectivity index (χ0n) is 32.5. The van der Waals surface area contributed by atoms with Gasteiger partial charge in [-0.05, 0) is 85.9 Å². The van der Waals surface area contributed by atoms with E-state index in [9.17, 15) is 24.0 Å². The van der Waals surface area contributed by atoms with E-state index in [0.29, 0.717) is 27.8 Å². The normalized spacial score (nSPS) is 23.5. The number of imide groups is 2. The van der Waals surface area contributed by atoms with Gasteiger partial charge in [0.15, 0.2) is 0 Å². The largest absolute Gasteiger partial charge is 0.372 e. The molecule has 6 heterocycles. The smallest absolute Gasteiger partial charge is 0.264 e. The minimum absolute atomic E-state index is 0.0894. The highest BCUT2D eigenvalue weighted by atomic mass is 35.5. The van der Waals surface area contributed by atoms with Crippen LogP contribution in [-0.2, 0) is 9.59 Å². The number of halogens is 1. The number of likely N-dealkylation sites (tertiary alicyclic amines) is 1.